The van der Waals surface area contributed by atoms with Gasteiger partial charge in [-0.15, -0.1) is 0 Å². The SMILES string of the molecule is CC(C)(C)[Si](Cc1ccccn1)C[C@@H]1C[C@H]2CC[C@]1(C)C2(C)C. The number of pyridine rings is 1. The molecule has 2 bridgehead atoms. The second-order valence-electron chi connectivity index (χ2n) is 9.86. The fraction of sp³-hybridized carbons (Fsp3) is 0.762. The molecule has 1 nitrogen and oxygen atoms in total. The summed E-state index contributed by atoms with van der Waals surface area (Å²) >= 11 is 0. The maximum Gasteiger partial charge on any atom is 0.0605 e. The molecule has 3 rings (SSSR count). The first-order chi connectivity index (χ1) is 10.6. The highest BCUT2D eigenvalue weighted by Gasteiger charge is 2.61. The maximum atomic E-state index is 4.63. The van der Waals surface area contributed by atoms with Gasteiger partial charge in [0, 0.05) is 11.9 Å². The minimum atomic E-state index is -0.467. The largest absolute Gasteiger partial charge is 0.262 e. The van der Waals surface area contributed by atoms with Crippen molar-refractivity contribution in [3.8, 4) is 0 Å². The molecule has 0 saturated heterocycles. The lowest BCUT2D eigenvalue weighted by molar-refractivity contribution is 0.111. The van der Waals surface area contributed by atoms with Gasteiger partial charge in [-0.3, -0.25) is 4.98 Å². The van der Waals surface area contributed by atoms with Crippen LogP contribution in [-0.4, -0.2) is 13.8 Å². The summed E-state index contributed by atoms with van der Waals surface area (Å²) in [4.78, 5) is 4.63. The highest BCUT2D eigenvalue weighted by atomic mass is 28.3. The van der Waals surface area contributed by atoms with Crippen LogP contribution in [0.4, 0.5) is 0 Å². The predicted molar refractivity (Wildman–Crippen MR) is 101 cm³/mol. The highest BCUT2D eigenvalue weighted by molar-refractivity contribution is 6.61. The maximum absolute atomic E-state index is 4.63. The molecule has 1 aromatic heterocycles. The molecule has 127 valence electrons. The van der Waals surface area contributed by atoms with Crippen LogP contribution < -0.4 is 0 Å². The normalized spacial score (nSPS) is 32.7. The molecule has 2 aliphatic carbocycles. The Bertz CT molecular complexity index is 545. The van der Waals surface area contributed by atoms with Crippen LogP contribution >= 0.6 is 0 Å². The molecule has 1 heterocycles. The van der Waals surface area contributed by atoms with Gasteiger partial charge >= 0.3 is 0 Å². The first kappa shape index (κ1) is 17.2. The number of nitrogens with zero attached hydrogens (tertiary/aromatic N) is 1. The minimum absolute atomic E-state index is 0.449. The van der Waals surface area contributed by atoms with Gasteiger partial charge in [-0.25, -0.2) is 0 Å². The van der Waals surface area contributed by atoms with Crippen molar-refractivity contribution in [2.24, 2.45) is 22.7 Å². The van der Waals surface area contributed by atoms with Crippen molar-refractivity contribution in [3.63, 3.8) is 0 Å². The van der Waals surface area contributed by atoms with Crippen LogP contribution in [-0.2, 0) is 6.04 Å². The molecule has 0 aromatic carbocycles. The Morgan fingerprint density at radius 2 is 1.96 bits per heavy atom. The molecule has 0 unspecified atom stereocenters. The minimum Gasteiger partial charge on any atom is -0.262 e. The summed E-state index contributed by atoms with van der Waals surface area (Å²) in [5.41, 5.74) is 2.43. The molecular formula is C21H34NSi. The molecule has 1 aromatic rings. The van der Waals surface area contributed by atoms with E-state index in [-0.39, 0.29) is 0 Å². The quantitative estimate of drug-likeness (QED) is 0.625. The van der Waals surface area contributed by atoms with Crippen LogP contribution in [0.15, 0.2) is 24.4 Å². The zero-order valence-corrected chi connectivity index (χ0v) is 16.9. The van der Waals surface area contributed by atoms with Gasteiger partial charge in [-0.2, -0.15) is 0 Å². The summed E-state index contributed by atoms with van der Waals surface area (Å²) < 4.78 is 0. The van der Waals surface area contributed by atoms with E-state index in [1.165, 1.54) is 37.0 Å². The molecule has 2 aliphatic rings. The highest BCUT2D eigenvalue weighted by Crippen LogP contribution is 2.69. The molecular weight excluding hydrogens is 294 g/mol. The molecule has 0 spiro atoms. The first-order valence-electron chi connectivity index (χ1n) is 9.40. The van der Waals surface area contributed by atoms with Gasteiger partial charge in [0.05, 0.1) is 8.80 Å². The van der Waals surface area contributed by atoms with Crippen LogP contribution in [0.3, 0.4) is 0 Å². The average Bonchev–Trinajstić information content (AvgIpc) is 2.80. The lowest BCUT2D eigenvalue weighted by atomic mass is 9.67. The van der Waals surface area contributed by atoms with Crippen molar-refractivity contribution in [1.29, 1.82) is 0 Å². The Hall–Kier alpha value is -0.633. The topological polar surface area (TPSA) is 12.9 Å². The van der Waals surface area contributed by atoms with E-state index in [0.29, 0.717) is 15.9 Å². The molecule has 0 aliphatic heterocycles. The lowest BCUT2D eigenvalue weighted by Crippen LogP contribution is -2.38. The van der Waals surface area contributed by atoms with E-state index in [2.05, 4.69) is 58.7 Å². The number of aromatic nitrogens is 1. The van der Waals surface area contributed by atoms with Crippen molar-refractivity contribution in [2.75, 3.05) is 0 Å². The van der Waals surface area contributed by atoms with Crippen molar-refractivity contribution in [2.45, 2.75) is 77.9 Å². The summed E-state index contributed by atoms with van der Waals surface area (Å²) in [6, 6.07) is 9.11. The van der Waals surface area contributed by atoms with Crippen LogP contribution in [0.5, 0.6) is 0 Å². The Balaban J connectivity index is 1.78. The summed E-state index contributed by atoms with van der Waals surface area (Å²) in [5, 5.41) is 0.449. The molecule has 0 N–H and O–H groups in total. The fourth-order valence-corrected chi connectivity index (χ4v) is 8.49. The number of hydrogen-bond acceptors (Lipinski definition) is 1. The molecule has 2 fully saturated rings. The van der Waals surface area contributed by atoms with E-state index < -0.39 is 8.80 Å². The Morgan fingerprint density at radius 3 is 2.43 bits per heavy atom. The molecule has 23 heavy (non-hydrogen) atoms. The van der Waals surface area contributed by atoms with Gasteiger partial charge in [-0.1, -0.05) is 53.7 Å². The van der Waals surface area contributed by atoms with Gasteiger partial charge < -0.3 is 0 Å². The summed E-state index contributed by atoms with van der Waals surface area (Å²) in [6.45, 7) is 15.1. The van der Waals surface area contributed by atoms with Gasteiger partial charge in [0.1, 0.15) is 0 Å². The third-order valence-electron chi connectivity index (χ3n) is 7.65. The Kier molecular flexibility index (Phi) is 4.28. The van der Waals surface area contributed by atoms with Crippen LogP contribution in [0.1, 0.15) is 66.5 Å². The van der Waals surface area contributed by atoms with Crippen molar-refractivity contribution < 1.29 is 0 Å². The average molecular weight is 329 g/mol. The summed E-state index contributed by atoms with van der Waals surface area (Å²) in [7, 11) is -0.467. The lowest BCUT2D eigenvalue weighted by Gasteiger charge is -2.42. The van der Waals surface area contributed by atoms with Gasteiger partial charge in [0.15, 0.2) is 0 Å². The molecule has 2 heteroatoms. The zero-order valence-electron chi connectivity index (χ0n) is 15.9. The third-order valence-corrected chi connectivity index (χ3v) is 11.5. The van der Waals surface area contributed by atoms with E-state index in [9.17, 15) is 0 Å². The van der Waals surface area contributed by atoms with Crippen molar-refractivity contribution in [3.05, 3.63) is 30.1 Å². The second-order valence-corrected chi connectivity index (χ2v) is 13.3. The van der Waals surface area contributed by atoms with Crippen molar-refractivity contribution >= 4 is 8.80 Å². The van der Waals surface area contributed by atoms with E-state index in [1.54, 1.807) is 0 Å². The standard InChI is InChI=1S/C21H34NSi/c1-19(2,3)23(15-18-9-7-8-12-22-18)14-17-13-16-10-11-21(17,6)20(16,4)5/h7-9,12,16-17H,10-11,13-15H2,1-6H3/t16-,17+,21+/m1/s1. The van der Waals surface area contributed by atoms with E-state index in [1.807, 2.05) is 12.3 Å². The summed E-state index contributed by atoms with van der Waals surface area (Å²) in [5.74, 6) is 1.91. The third kappa shape index (κ3) is 2.92. The van der Waals surface area contributed by atoms with Gasteiger partial charge in [0.2, 0.25) is 0 Å². The van der Waals surface area contributed by atoms with Crippen molar-refractivity contribution in [1.82, 2.24) is 4.98 Å². The first-order valence-corrected chi connectivity index (χ1v) is 11.3. The van der Waals surface area contributed by atoms with Crippen LogP contribution in [0.2, 0.25) is 11.1 Å². The monoisotopic (exact) mass is 328 g/mol. The Labute approximate surface area is 144 Å². The Morgan fingerprint density at radius 1 is 1.22 bits per heavy atom. The van der Waals surface area contributed by atoms with Gasteiger partial charge in [-0.05, 0) is 65.1 Å². The molecule has 0 amide bonds. The zero-order chi connectivity index (χ0) is 16.9. The molecule has 2 saturated carbocycles. The number of rotatable bonds is 4. The molecule has 3 atom stereocenters. The summed E-state index contributed by atoms with van der Waals surface area (Å²) in [6.07, 6.45) is 6.37. The smallest absolute Gasteiger partial charge is 0.0605 e. The fourth-order valence-electron chi connectivity index (χ4n) is 5.34. The second kappa shape index (κ2) is 5.72. The number of hydrogen-bond donors (Lipinski definition) is 0. The number of fused-ring (bicyclic) bond motifs is 2. The predicted octanol–water partition coefficient (Wildman–Crippen LogP) is 5.92. The van der Waals surface area contributed by atoms with Crippen LogP contribution in [0.25, 0.3) is 0 Å². The van der Waals surface area contributed by atoms with E-state index in [4.69, 9.17) is 0 Å². The van der Waals surface area contributed by atoms with E-state index >= 15 is 0 Å². The van der Waals surface area contributed by atoms with E-state index in [0.717, 1.165) is 11.8 Å². The van der Waals surface area contributed by atoms with Gasteiger partial charge in [0.25, 0.3) is 0 Å². The van der Waals surface area contributed by atoms with Crippen LogP contribution in [0, 0.1) is 22.7 Å². The molecule has 1 radical (unpaired) electrons.